The number of aryl methyl sites for hydroxylation is 2. The Hall–Kier alpha value is -2.95. The lowest BCUT2D eigenvalue weighted by molar-refractivity contribution is -0.122. The molecule has 27 heavy (non-hydrogen) atoms. The number of para-hydroxylation sites is 1. The second kappa shape index (κ2) is 7.74. The Morgan fingerprint density at radius 3 is 2.89 bits per heavy atom. The number of amides is 1. The summed E-state index contributed by atoms with van der Waals surface area (Å²) in [6.07, 6.45) is 5.75. The van der Waals surface area contributed by atoms with Crippen molar-refractivity contribution in [1.82, 2.24) is 14.9 Å². The van der Waals surface area contributed by atoms with E-state index in [9.17, 15) is 9.59 Å². The highest BCUT2D eigenvalue weighted by molar-refractivity contribution is 5.77. The first-order valence-electron chi connectivity index (χ1n) is 9.54. The highest BCUT2D eigenvalue weighted by Gasteiger charge is 2.21. The SMILES string of the molecule is O=C(CCCn1cnc2ccccc2c1=O)N[C@@H]1CCCc2ccccc21. The van der Waals surface area contributed by atoms with E-state index in [1.807, 2.05) is 24.3 Å². The summed E-state index contributed by atoms with van der Waals surface area (Å²) in [5, 5.41) is 3.78. The lowest BCUT2D eigenvalue weighted by Crippen LogP contribution is -2.31. The van der Waals surface area contributed by atoms with Gasteiger partial charge in [0.05, 0.1) is 23.3 Å². The summed E-state index contributed by atoms with van der Waals surface area (Å²) in [4.78, 5) is 29.2. The molecular weight excluding hydrogens is 338 g/mol. The summed E-state index contributed by atoms with van der Waals surface area (Å²) < 4.78 is 1.59. The first-order chi connectivity index (χ1) is 13.2. The van der Waals surface area contributed by atoms with Crippen LogP contribution in [-0.4, -0.2) is 15.5 Å². The summed E-state index contributed by atoms with van der Waals surface area (Å²) >= 11 is 0. The number of fused-ring (bicyclic) bond motifs is 2. The maximum atomic E-state index is 12.5. The number of hydrogen-bond donors (Lipinski definition) is 1. The van der Waals surface area contributed by atoms with E-state index in [1.54, 1.807) is 17.0 Å². The van der Waals surface area contributed by atoms with E-state index in [4.69, 9.17) is 0 Å². The molecule has 1 amide bonds. The molecular formula is C22H23N3O2. The third-order valence-electron chi connectivity index (χ3n) is 5.24. The number of hydrogen-bond acceptors (Lipinski definition) is 3. The van der Waals surface area contributed by atoms with Gasteiger partial charge in [0.1, 0.15) is 0 Å². The zero-order valence-corrected chi connectivity index (χ0v) is 15.2. The monoisotopic (exact) mass is 361 g/mol. The maximum absolute atomic E-state index is 12.5. The van der Waals surface area contributed by atoms with Crippen LogP contribution in [0.4, 0.5) is 0 Å². The Morgan fingerprint density at radius 1 is 1.15 bits per heavy atom. The molecule has 5 nitrogen and oxygen atoms in total. The van der Waals surface area contributed by atoms with Gasteiger partial charge in [0, 0.05) is 13.0 Å². The number of carbonyl (C=O) groups excluding carboxylic acids is 1. The van der Waals surface area contributed by atoms with Crippen LogP contribution in [0.15, 0.2) is 59.7 Å². The van der Waals surface area contributed by atoms with Crippen LogP contribution >= 0.6 is 0 Å². The predicted molar refractivity (Wildman–Crippen MR) is 106 cm³/mol. The molecule has 0 radical (unpaired) electrons. The van der Waals surface area contributed by atoms with Gasteiger partial charge in [-0.25, -0.2) is 4.98 Å². The Bertz CT molecular complexity index is 1030. The van der Waals surface area contributed by atoms with Crippen molar-refractivity contribution in [3.8, 4) is 0 Å². The zero-order valence-electron chi connectivity index (χ0n) is 15.2. The minimum Gasteiger partial charge on any atom is -0.349 e. The molecule has 138 valence electrons. The van der Waals surface area contributed by atoms with E-state index >= 15 is 0 Å². The normalized spacial score (nSPS) is 16.1. The van der Waals surface area contributed by atoms with Crippen molar-refractivity contribution in [2.24, 2.45) is 0 Å². The minimum absolute atomic E-state index is 0.0403. The molecule has 0 bridgehead atoms. The highest BCUT2D eigenvalue weighted by atomic mass is 16.1. The maximum Gasteiger partial charge on any atom is 0.261 e. The highest BCUT2D eigenvalue weighted by Crippen LogP contribution is 2.29. The van der Waals surface area contributed by atoms with Crippen LogP contribution in [-0.2, 0) is 17.8 Å². The fourth-order valence-electron chi connectivity index (χ4n) is 3.85. The number of benzene rings is 2. The first kappa shape index (κ1) is 17.5. The first-order valence-corrected chi connectivity index (χ1v) is 9.54. The van der Waals surface area contributed by atoms with Gasteiger partial charge >= 0.3 is 0 Å². The molecule has 0 saturated heterocycles. The standard InChI is InChI=1S/C22H23N3O2/c26-21(24-20-12-5-8-16-7-1-2-9-17(16)20)13-6-14-25-15-23-19-11-4-3-10-18(19)22(25)27/h1-4,7,9-11,15,20H,5-6,8,12-14H2,(H,24,26)/t20-/m1/s1. The number of carbonyl (C=O) groups is 1. The Morgan fingerprint density at radius 2 is 1.96 bits per heavy atom. The smallest absolute Gasteiger partial charge is 0.261 e. The lowest BCUT2D eigenvalue weighted by Gasteiger charge is -2.26. The second-order valence-electron chi connectivity index (χ2n) is 7.07. The third kappa shape index (κ3) is 3.77. The average Bonchev–Trinajstić information content (AvgIpc) is 2.70. The Balaban J connectivity index is 1.36. The van der Waals surface area contributed by atoms with Crippen molar-refractivity contribution in [2.45, 2.75) is 44.7 Å². The summed E-state index contributed by atoms with van der Waals surface area (Å²) in [6.45, 7) is 0.491. The molecule has 1 atom stereocenters. The van der Waals surface area contributed by atoms with E-state index in [0.717, 1.165) is 19.3 Å². The van der Waals surface area contributed by atoms with E-state index in [0.29, 0.717) is 30.3 Å². The fraction of sp³-hybridized carbons (Fsp3) is 0.318. The van der Waals surface area contributed by atoms with E-state index < -0.39 is 0 Å². The molecule has 4 rings (SSSR count). The average molecular weight is 361 g/mol. The van der Waals surface area contributed by atoms with Crippen LogP contribution in [0.2, 0.25) is 0 Å². The van der Waals surface area contributed by atoms with Crippen LogP contribution in [0.3, 0.4) is 0 Å². The molecule has 0 unspecified atom stereocenters. The van der Waals surface area contributed by atoms with Gasteiger partial charge in [0.25, 0.3) is 5.56 Å². The van der Waals surface area contributed by atoms with E-state index in [-0.39, 0.29) is 17.5 Å². The van der Waals surface area contributed by atoms with Gasteiger partial charge in [0.2, 0.25) is 5.91 Å². The number of nitrogens with one attached hydrogen (secondary N) is 1. The van der Waals surface area contributed by atoms with Gasteiger partial charge in [0.15, 0.2) is 0 Å². The topological polar surface area (TPSA) is 64.0 Å². The Kier molecular flexibility index (Phi) is 5.01. The molecule has 1 aliphatic rings. The van der Waals surface area contributed by atoms with Crippen LogP contribution < -0.4 is 10.9 Å². The van der Waals surface area contributed by atoms with Crippen molar-refractivity contribution in [2.75, 3.05) is 0 Å². The van der Waals surface area contributed by atoms with Gasteiger partial charge in [-0.1, -0.05) is 36.4 Å². The van der Waals surface area contributed by atoms with Crippen LogP contribution in [0.1, 0.15) is 42.9 Å². The molecule has 0 spiro atoms. The van der Waals surface area contributed by atoms with Gasteiger partial charge in [-0.2, -0.15) is 0 Å². The van der Waals surface area contributed by atoms with Crippen molar-refractivity contribution in [1.29, 1.82) is 0 Å². The van der Waals surface area contributed by atoms with E-state index in [1.165, 1.54) is 11.1 Å². The predicted octanol–water partition coefficient (Wildman–Crippen LogP) is 3.37. The molecule has 0 saturated carbocycles. The summed E-state index contributed by atoms with van der Waals surface area (Å²) in [5.41, 5.74) is 3.23. The van der Waals surface area contributed by atoms with Gasteiger partial charge in [-0.05, 0) is 48.9 Å². The fourth-order valence-corrected chi connectivity index (χ4v) is 3.85. The largest absolute Gasteiger partial charge is 0.349 e. The third-order valence-corrected chi connectivity index (χ3v) is 5.24. The number of aromatic nitrogens is 2. The van der Waals surface area contributed by atoms with Crippen LogP contribution in [0.5, 0.6) is 0 Å². The van der Waals surface area contributed by atoms with Crippen LogP contribution in [0.25, 0.3) is 10.9 Å². The van der Waals surface area contributed by atoms with Gasteiger partial charge in [-0.15, -0.1) is 0 Å². The van der Waals surface area contributed by atoms with E-state index in [2.05, 4.69) is 28.5 Å². The van der Waals surface area contributed by atoms with Crippen LogP contribution in [0, 0.1) is 0 Å². The minimum atomic E-state index is -0.0535. The van der Waals surface area contributed by atoms with Crippen molar-refractivity contribution in [3.63, 3.8) is 0 Å². The van der Waals surface area contributed by atoms with Gasteiger partial charge < -0.3 is 5.32 Å². The quantitative estimate of drug-likeness (QED) is 0.758. The molecule has 2 aromatic carbocycles. The van der Waals surface area contributed by atoms with Gasteiger partial charge in [-0.3, -0.25) is 14.2 Å². The van der Waals surface area contributed by atoms with Crippen molar-refractivity contribution in [3.05, 3.63) is 76.3 Å². The summed E-state index contributed by atoms with van der Waals surface area (Å²) in [5.74, 6) is 0.0403. The second-order valence-corrected chi connectivity index (χ2v) is 7.07. The van der Waals surface area contributed by atoms with Crippen molar-refractivity contribution >= 4 is 16.8 Å². The number of nitrogens with zero attached hydrogens (tertiary/aromatic N) is 2. The molecule has 1 aromatic heterocycles. The molecule has 1 heterocycles. The zero-order chi connectivity index (χ0) is 18.6. The molecule has 3 aromatic rings. The molecule has 1 N–H and O–H groups in total. The number of rotatable bonds is 5. The Labute approximate surface area is 158 Å². The molecule has 1 aliphatic carbocycles. The molecule has 0 fully saturated rings. The van der Waals surface area contributed by atoms with Crippen molar-refractivity contribution < 1.29 is 4.79 Å². The molecule has 5 heteroatoms. The summed E-state index contributed by atoms with van der Waals surface area (Å²) in [7, 11) is 0. The lowest BCUT2D eigenvalue weighted by atomic mass is 9.87. The summed E-state index contributed by atoms with van der Waals surface area (Å²) in [6, 6.07) is 15.8. The molecule has 0 aliphatic heterocycles.